The maximum Gasteiger partial charge on any atom is 0.356 e. The fourth-order valence-electron chi connectivity index (χ4n) is 2.34. The van der Waals surface area contributed by atoms with Crippen molar-refractivity contribution in [3.8, 4) is 0 Å². The van der Waals surface area contributed by atoms with Crippen molar-refractivity contribution in [1.29, 1.82) is 0 Å². The van der Waals surface area contributed by atoms with Crippen molar-refractivity contribution in [3.05, 3.63) is 11.5 Å². The minimum absolute atomic E-state index is 0.0676. The molecule has 0 amide bonds. The summed E-state index contributed by atoms with van der Waals surface area (Å²) in [4.78, 5) is 12.2. The van der Waals surface area contributed by atoms with Crippen molar-refractivity contribution in [2.75, 3.05) is 12.1 Å². The highest BCUT2D eigenvalue weighted by atomic mass is 35.5. The number of ether oxygens (including phenoxy) is 1. The van der Waals surface area contributed by atoms with Crippen LogP contribution in [0.15, 0.2) is 6.33 Å². The molecule has 0 saturated carbocycles. The van der Waals surface area contributed by atoms with Gasteiger partial charge in [-0.3, -0.25) is 4.57 Å². The first-order valence-corrected chi connectivity index (χ1v) is 10.4. The molecule has 0 bridgehead atoms. The quantitative estimate of drug-likeness (QED) is 0.498. The minimum Gasteiger partial charge on any atom is -0.368 e. The van der Waals surface area contributed by atoms with Crippen LogP contribution in [0.5, 0.6) is 0 Å². The lowest BCUT2D eigenvalue weighted by molar-refractivity contribution is 0.0549. The van der Waals surface area contributed by atoms with Gasteiger partial charge in [0.15, 0.2) is 10.8 Å². The first-order chi connectivity index (χ1) is 12.1. The highest BCUT2D eigenvalue weighted by Gasteiger charge is 2.29. The van der Waals surface area contributed by atoms with E-state index in [0.29, 0.717) is 17.7 Å². The second kappa shape index (κ2) is 8.63. The van der Waals surface area contributed by atoms with Crippen LogP contribution in [0.4, 0.5) is 5.95 Å². The minimum atomic E-state index is -3.35. The standard InChI is InChI=1S/C15H25ClN5O4P/c1-9(2)24-26(22,25-10(3)4)8-23-11(5)6-21-7-18-12-13(16)19-15(17)20-14(12)21/h7,9-11H,6,8H2,1-5H3,(H2,17,19,20)/t11-/m0/s1. The van der Waals surface area contributed by atoms with Gasteiger partial charge in [-0.2, -0.15) is 9.97 Å². The Morgan fingerprint density at radius 3 is 2.38 bits per heavy atom. The predicted octanol–water partition coefficient (Wildman–Crippen LogP) is 3.47. The molecule has 0 fully saturated rings. The molecule has 2 aromatic heterocycles. The number of anilines is 1. The third kappa shape index (κ3) is 5.62. The van der Waals surface area contributed by atoms with E-state index in [-0.39, 0.29) is 35.8 Å². The monoisotopic (exact) mass is 405 g/mol. The van der Waals surface area contributed by atoms with Crippen molar-refractivity contribution in [3.63, 3.8) is 0 Å². The lowest BCUT2D eigenvalue weighted by Crippen LogP contribution is -2.19. The Labute approximate surface area is 157 Å². The Morgan fingerprint density at radius 2 is 1.81 bits per heavy atom. The third-order valence-electron chi connectivity index (χ3n) is 3.15. The van der Waals surface area contributed by atoms with Gasteiger partial charge in [0, 0.05) is 0 Å². The summed E-state index contributed by atoms with van der Waals surface area (Å²) in [5.41, 5.74) is 6.62. The van der Waals surface area contributed by atoms with Gasteiger partial charge in [0.25, 0.3) is 0 Å². The molecule has 0 saturated heterocycles. The van der Waals surface area contributed by atoms with Gasteiger partial charge in [0.1, 0.15) is 11.9 Å². The van der Waals surface area contributed by atoms with E-state index in [9.17, 15) is 4.57 Å². The van der Waals surface area contributed by atoms with Crippen LogP contribution >= 0.6 is 19.2 Å². The molecule has 146 valence electrons. The number of nitrogens with two attached hydrogens (primary N) is 1. The fourth-order valence-corrected chi connectivity index (χ4v) is 4.45. The molecule has 0 unspecified atom stereocenters. The van der Waals surface area contributed by atoms with E-state index in [1.807, 2.05) is 6.92 Å². The first kappa shape index (κ1) is 21.1. The highest BCUT2D eigenvalue weighted by molar-refractivity contribution is 7.53. The molecule has 2 aromatic rings. The zero-order valence-corrected chi connectivity index (χ0v) is 17.2. The van der Waals surface area contributed by atoms with Crippen LogP contribution in [-0.2, 0) is 24.9 Å². The molecule has 0 aliphatic heterocycles. The number of aromatic nitrogens is 4. The van der Waals surface area contributed by atoms with E-state index in [1.165, 1.54) is 0 Å². The van der Waals surface area contributed by atoms with E-state index in [0.717, 1.165) is 0 Å². The molecule has 26 heavy (non-hydrogen) atoms. The van der Waals surface area contributed by atoms with Gasteiger partial charge < -0.3 is 24.1 Å². The summed E-state index contributed by atoms with van der Waals surface area (Å²) < 4.78 is 31.2. The molecule has 0 spiro atoms. The van der Waals surface area contributed by atoms with Gasteiger partial charge in [-0.15, -0.1) is 0 Å². The van der Waals surface area contributed by atoms with Gasteiger partial charge in [-0.05, 0) is 34.6 Å². The van der Waals surface area contributed by atoms with Gasteiger partial charge in [-0.25, -0.2) is 4.98 Å². The Bertz CT molecular complexity index is 784. The Hall–Kier alpha value is -1.25. The smallest absolute Gasteiger partial charge is 0.356 e. The Morgan fingerprint density at radius 1 is 1.19 bits per heavy atom. The number of hydrogen-bond acceptors (Lipinski definition) is 8. The fraction of sp³-hybridized carbons (Fsp3) is 0.667. The second-order valence-electron chi connectivity index (χ2n) is 6.47. The molecular weight excluding hydrogens is 381 g/mol. The zero-order valence-electron chi connectivity index (χ0n) is 15.5. The van der Waals surface area contributed by atoms with Crippen molar-refractivity contribution >= 4 is 36.3 Å². The van der Waals surface area contributed by atoms with Crippen LogP contribution in [0.3, 0.4) is 0 Å². The van der Waals surface area contributed by atoms with Gasteiger partial charge in [0.2, 0.25) is 5.95 Å². The summed E-state index contributed by atoms with van der Waals surface area (Å²) in [6, 6.07) is 0. The largest absolute Gasteiger partial charge is 0.368 e. The molecule has 1 atom stereocenters. The van der Waals surface area contributed by atoms with Crippen molar-refractivity contribution in [2.24, 2.45) is 0 Å². The molecule has 9 nitrogen and oxygen atoms in total. The van der Waals surface area contributed by atoms with Gasteiger partial charge >= 0.3 is 7.60 Å². The predicted molar refractivity (Wildman–Crippen MR) is 100 cm³/mol. The average molecular weight is 406 g/mol. The first-order valence-electron chi connectivity index (χ1n) is 8.31. The molecule has 2 rings (SSSR count). The van der Waals surface area contributed by atoms with Crippen LogP contribution < -0.4 is 5.73 Å². The summed E-state index contributed by atoms with van der Waals surface area (Å²) in [6.45, 7) is 9.44. The highest BCUT2D eigenvalue weighted by Crippen LogP contribution is 2.50. The van der Waals surface area contributed by atoms with E-state index in [2.05, 4.69) is 15.0 Å². The van der Waals surface area contributed by atoms with Crippen LogP contribution in [0.2, 0.25) is 5.15 Å². The van der Waals surface area contributed by atoms with Crippen LogP contribution in [0.25, 0.3) is 11.2 Å². The molecular formula is C15H25ClN5O4P. The van der Waals surface area contributed by atoms with E-state index >= 15 is 0 Å². The van der Waals surface area contributed by atoms with Crippen molar-refractivity contribution < 1.29 is 18.3 Å². The summed E-state index contributed by atoms with van der Waals surface area (Å²) >= 11 is 6.02. The number of hydrogen-bond donors (Lipinski definition) is 1. The Kier molecular flexibility index (Phi) is 6.99. The number of nitrogen functional groups attached to an aromatic ring is 1. The molecule has 0 aliphatic rings. The van der Waals surface area contributed by atoms with Crippen molar-refractivity contribution in [2.45, 2.75) is 59.5 Å². The summed E-state index contributed by atoms with van der Waals surface area (Å²) in [5.74, 6) is 0.0676. The molecule has 11 heteroatoms. The summed E-state index contributed by atoms with van der Waals surface area (Å²) in [5, 5.41) is 0.194. The molecule has 2 heterocycles. The Balaban J connectivity index is 2.06. The normalized spacial score (nSPS) is 13.8. The molecule has 0 aromatic carbocycles. The number of rotatable bonds is 9. The number of imidazole rings is 1. The third-order valence-corrected chi connectivity index (χ3v) is 5.37. The second-order valence-corrected chi connectivity index (χ2v) is 8.73. The topological polar surface area (TPSA) is 114 Å². The van der Waals surface area contributed by atoms with Crippen LogP contribution in [-0.4, -0.2) is 44.2 Å². The van der Waals surface area contributed by atoms with Gasteiger partial charge in [-0.1, -0.05) is 11.6 Å². The lowest BCUT2D eigenvalue weighted by atomic mass is 10.4. The molecule has 0 radical (unpaired) electrons. The van der Waals surface area contributed by atoms with Crippen LogP contribution in [0.1, 0.15) is 34.6 Å². The average Bonchev–Trinajstić information content (AvgIpc) is 2.87. The molecule has 0 aliphatic carbocycles. The maximum atomic E-state index is 12.8. The van der Waals surface area contributed by atoms with Crippen molar-refractivity contribution in [1.82, 2.24) is 19.5 Å². The van der Waals surface area contributed by atoms with E-state index in [1.54, 1.807) is 38.6 Å². The molecule has 2 N–H and O–H groups in total. The zero-order chi connectivity index (χ0) is 19.5. The number of nitrogens with zero attached hydrogens (tertiary/aromatic N) is 4. The maximum absolute atomic E-state index is 12.8. The summed E-state index contributed by atoms with van der Waals surface area (Å²) in [6.07, 6.45) is 0.659. The summed E-state index contributed by atoms with van der Waals surface area (Å²) in [7, 11) is -3.35. The SMILES string of the molecule is CC(C)OP(=O)(CO[C@@H](C)Cn1cnc2c(Cl)nc(N)nc21)OC(C)C. The van der Waals surface area contributed by atoms with E-state index < -0.39 is 7.60 Å². The van der Waals surface area contributed by atoms with Crippen LogP contribution in [0, 0.1) is 0 Å². The van der Waals surface area contributed by atoms with E-state index in [4.69, 9.17) is 31.1 Å². The van der Waals surface area contributed by atoms with Gasteiger partial charge in [0.05, 0.1) is 31.2 Å². The number of halogens is 1. The lowest BCUT2D eigenvalue weighted by Gasteiger charge is -2.24. The number of fused-ring (bicyclic) bond motifs is 1.